The lowest BCUT2D eigenvalue weighted by Gasteiger charge is -2.25. The Balaban J connectivity index is 1.88. The Morgan fingerprint density at radius 1 is 1.26 bits per heavy atom. The lowest BCUT2D eigenvalue weighted by molar-refractivity contribution is 0.155. The predicted molar refractivity (Wildman–Crippen MR) is 79.6 cm³/mol. The van der Waals surface area contributed by atoms with Gasteiger partial charge in [-0.1, -0.05) is 12.8 Å². The first kappa shape index (κ1) is 14.6. The molecule has 4 nitrogen and oxygen atoms in total. The number of hydrogen-bond donors (Lipinski definition) is 1. The topological polar surface area (TPSA) is 36.9 Å². The lowest BCUT2D eigenvalue weighted by atomic mass is 9.86. The van der Waals surface area contributed by atoms with Crippen molar-refractivity contribution in [3.8, 4) is 0 Å². The molecule has 0 amide bonds. The van der Waals surface area contributed by atoms with Gasteiger partial charge in [0.2, 0.25) is 0 Å². The molecule has 1 N–H and O–H groups in total. The smallest absolute Gasteiger partial charge is 0.194 e. The van der Waals surface area contributed by atoms with E-state index in [2.05, 4.69) is 17.1 Å². The van der Waals surface area contributed by atoms with Gasteiger partial charge >= 0.3 is 0 Å². The van der Waals surface area contributed by atoms with Gasteiger partial charge in [-0.2, -0.15) is 0 Å². The molecule has 0 aromatic carbocycles. The van der Waals surface area contributed by atoms with Crippen molar-refractivity contribution < 1.29 is 4.74 Å². The molecule has 0 atom stereocenters. The molecule has 110 valence electrons. The third-order valence-electron chi connectivity index (χ3n) is 4.44. The summed E-state index contributed by atoms with van der Waals surface area (Å²) >= 11 is 0. The molecule has 0 aromatic rings. The van der Waals surface area contributed by atoms with E-state index >= 15 is 0 Å². The molecule has 4 heteroatoms. The number of nitrogens with one attached hydrogen (secondary N) is 1. The molecule has 1 saturated carbocycles. The Morgan fingerprint density at radius 3 is 2.74 bits per heavy atom. The standard InChI is InChI=1S/C15H29N3O/c1-3-16-14(17-10-12-19-4-2)18-11-9-15(13-18)7-5-6-8-15/h3-13H2,1-2H3,(H,16,17). The van der Waals surface area contributed by atoms with Crippen molar-refractivity contribution in [3.63, 3.8) is 0 Å². The van der Waals surface area contributed by atoms with Gasteiger partial charge in [0.05, 0.1) is 13.2 Å². The van der Waals surface area contributed by atoms with E-state index in [9.17, 15) is 0 Å². The van der Waals surface area contributed by atoms with Crippen LogP contribution in [0.15, 0.2) is 4.99 Å². The first-order chi connectivity index (χ1) is 9.29. The third-order valence-corrected chi connectivity index (χ3v) is 4.44. The highest BCUT2D eigenvalue weighted by molar-refractivity contribution is 5.80. The number of nitrogens with zero attached hydrogens (tertiary/aromatic N) is 2. The lowest BCUT2D eigenvalue weighted by Crippen LogP contribution is -2.41. The Bertz CT molecular complexity index is 298. The first-order valence-corrected chi connectivity index (χ1v) is 7.91. The van der Waals surface area contributed by atoms with Crippen LogP contribution >= 0.6 is 0 Å². The molecule has 2 fully saturated rings. The Morgan fingerprint density at radius 2 is 2.05 bits per heavy atom. The summed E-state index contributed by atoms with van der Waals surface area (Å²) in [6.45, 7) is 9.74. The molecule has 1 aliphatic carbocycles. The minimum absolute atomic E-state index is 0.607. The van der Waals surface area contributed by atoms with Gasteiger partial charge in [0.25, 0.3) is 0 Å². The van der Waals surface area contributed by atoms with Crippen LogP contribution in [0.5, 0.6) is 0 Å². The predicted octanol–water partition coefficient (Wildman–Crippen LogP) is 2.25. The van der Waals surface area contributed by atoms with Crippen molar-refractivity contribution in [2.45, 2.75) is 46.0 Å². The van der Waals surface area contributed by atoms with Crippen LogP contribution in [0.25, 0.3) is 0 Å². The molecular formula is C15H29N3O. The zero-order valence-corrected chi connectivity index (χ0v) is 12.6. The van der Waals surface area contributed by atoms with Crippen LogP contribution in [0.4, 0.5) is 0 Å². The zero-order valence-electron chi connectivity index (χ0n) is 12.6. The maximum atomic E-state index is 5.36. The van der Waals surface area contributed by atoms with Crippen LogP contribution in [0.2, 0.25) is 0 Å². The summed E-state index contributed by atoms with van der Waals surface area (Å²) in [5, 5.41) is 3.43. The molecule has 0 aromatic heterocycles. The molecule has 0 bridgehead atoms. The molecule has 1 saturated heterocycles. The van der Waals surface area contributed by atoms with E-state index in [4.69, 9.17) is 9.73 Å². The van der Waals surface area contributed by atoms with E-state index in [1.165, 1.54) is 45.2 Å². The second-order valence-corrected chi connectivity index (χ2v) is 5.81. The Labute approximate surface area is 117 Å². The van der Waals surface area contributed by atoms with E-state index in [1.807, 2.05) is 6.92 Å². The van der Waals surface area contributed by atoms with Crippen LogP contribution in [0.3, 0.4) is 0 Å². The monoisotopic (exact) mass is 267 g/mol. The van der Waals surface area contributed by atoms with Crippen LogP contribution in [0.1, 0.15) is 46.0 Å². The van der Waals surface area contributed by atoms with Crippen LogP contribution in [0, 0.1) is 5.41 Å². The fourth-order valence-electron chi connectivity index (χ4n) is 3.44. The largest absolute Gasteiger partial charge is 0.380 e. The second kappa shape index (κ2) is 7.13. The van der Waals surface area contributed by atoms with Gasteiger partial charge in [0, 0.05) is 26.2 Å². The van der Waals surface area contributed by atoms with Crippen molar-refractivity contribution in [1.29, 1.82) is 0 Å². The van der Waals surface area contributed by atoms with Gasteiger partial charge in [-0.15, -0.1) is 0 Å². The highest BCUT2D eigenvalue weighted by Crippen LogP contribution is 2.45. The number of guanidine groups is 1. The van der Waals surface area contributed by atoms with Crippen molar-refractivity contribution in [3.05, 3.63) is 0 Å². The Hall–Kier alpha value is -0.770. The van der Waals surface area contributed by atoms with Crippen molar-refractivity contribution in [2.24, 2.45) is 10.4 Å². The van der Waals surface area contributed by atoms with E-state index < -0.39 is 0 Å². The fraction of sp³-hybridized carbons (Fsp3) is 0.933. The maximum absolute atomic E-state index is 5.36. The molecule has 2 rings (SSSR count). The molecule has 1 aliphatic heterocycles. The number of hydrogen-bond acceptors (Lipinski definition) is 2. The summed E-state index contributed by atoms with van der Waals surface area (Å²) in [4.78, 5) is 7.15. The van der Waals surface area contributed by atoms with Crippen molar-refractivity contribution in [2.75, 3.05) is 39.4 Å². The summed E-state index contributed by atoms with van der Waals surface area (Å²) in [6, 6.07) is 0. The molecule has 0 radical (unpaired) electrons. The van der Waals surface area contributed by atoms with Gasteiger partial charge < -0.3 is 15.0 Å². The molecule has 19 heavy (non-hydrogen) atoms. The normalized spacial score (nSPS) is 22.4. The van der Waals surface area contributed by atoms with Gasteiger partial charge in [-0.3, -0.25) is 4.99 Å². The number of aliphatic imine (C=N–C) groups is 1. The fourth-order valence-corrected chi connectivity index (χ4v) is 3.44. The summed E-state index contributed by atoms with van der Waals surface area (Å²) in [5.74, 6) is 1.09. The first-order valence-electron chi connectivity index (χ1n) is 7.91. The average Bonchev–Trinajstić information content (AvgIpc) is 3.04. The summed E-state index contributed by atoms with van der Waals surface area (Å²) in [6.07, 6.45) is 7.03. The third kappa shape index (κ3) is 3.85. The van der Waals surface area contributed by atoms with Crippen LogP contribution < -0.4 is 5.32 Å². The van der Waals surface area contributed by atoms with Crippen molar-refractivity contribution >= 4 is 5.96 Å². The number of likely N-dealkylation sites (tertiary alicyclic amines) is 1. The second-order valence-electron chi connectivity index (χ2n) is 5.81. The summed E-state index contributed by atoms with van der Waals surface area (Å²) in [5.41, 5.74) is 0.607. The minimum Gasteiger partial charge on any atom is -0.380 e. The minimum atomic E-state index is 0.607. The van der Waals surface area contributed by atoms with Crippen molar-refractivity contribution in [1.82, 2.24) is 10.2 Å². The van der Waals surface area contributed by atoms with Gasteiger partial charge in [0.1, 0.15) is 0 Å². The van der Waals surface area contributed by atoms with Crippen LogP contribution in [-0.4, -0.2) is 50.3 Å². The molecule has 1 spiro atoms. The Kier molecular flexibility index (Phi) is 5.49. The quantitative estimate of drug-likeness (QED) is 0.471. The highest BCUT2D eigenvalue weighted by atomic mass is 16.5. The highest BCUT2D eigenvalue weighted by Gasteiger charge is 2.40. The molecule has 0 unspecified atom stereocenters. The molecular weight excluding hydrogens is 238 g/mol. The SMILES string of the molecule is CCNC(=NCCOCC)N1CCC2(CCCC2)C1. The van der Waals surface area contributed by atoms with E-state index in [0.717, 1.165) is 32.3 Å². The van der Waals surface area contributed by atoms with Gasteiger partial charge in [-0.05, 0) is 38.5 Å². The number of rotatable bonds is 5. The zero-order chi connectivity index (χ0) is 13.6. The van der Waals surface area contributed by atoms with Gasteiger partial charge in [0.15, 0.2) is 5.96 Å². The average molecular weight is 267 g/mol. The van der Waals surface area contributed by atoms with E-state index in [0.29, 0.717) is 5.41 Å². The summed E-state index contributed by atoms with van der Waals surface area (Å²) < 4.78 is 5.36. The molecule has 1 heterocycles. The van der Waals surface area contributed by atoms with Gasteiger partial charge in [-0.25, -0.2) is 0 Å². The van der Waals surface area contributed by atoms with E-state index in [1.54, 1.807) is 0 Å². The summed E-state index contributed by atoms with van der Waals surface area (Å²) in [7, 11) is 0. The van der Waals surface area contributed by atoms with Crippen LogP contribution in [-0.2, 0) is 4.74 Å². The molecule has 2 aliphatic rings. The number of ether oxygens (including phenoxy) is 1. The van der Waals surface area contributed by atoms with E-state index in [-0.39, 0.29) is 0 Å². The maximum Gasteiger partial charge on any atom is 0.194 e.